The monoisotopic (exact) mass is 476 g/mol. The molecule has 0 spiro atoms. The molecule has 0 fully saturated rings. The number of hydrogen-bond acceptors (Lipinski definition) is 1. The van der Waals surface area contributed by atoms with Crippen LogP contribution in [0.5, 0.6) is 0 Å². The number of hydrogen-bond donors (Lipinski definition) is 0. The van der Waals surface area contributed by atoms with Crippen molar-refractivity contribution in [1.82, 2.24) is 9.55 Å². The normalized spacial score (nSPS) is 11.7. The molecule has 0 bridgehead atoms. The zero-order valence-electron chi connectivity index (χ0n) is 5.39. The van der Waals surface area contributed by atoms with Gasteiger partial charge in [0.2, 0.25) is 0 Å². The summed E-state index contributed by atoms with van der Waals surface area (Å²) in [5.41, 5.74) is 1.27. The number of nitrogens with zero attached hydrogens (tertiary/aromatic N) is 2. The van der Waals surface area contributed by atoms with Gasteiger partial charge in [-0.05, 0) is 0 Å². The molecule has 0 saturated heterocycles. The quantitative estimate of drug-likeness (QED) is 0.474. The molecule has 1 heterocycles. The molecule has 0 radical (unpaired) electrons. The van der Waals surface area contributed by atoms with Crippen LogP contribution in [0.15, 0.2) is 12.5 Å². The first-order chi connectivity index (χ1) is 4.70. The third-order valence-corrected chi connectivity index (χ3v) is 5.85. The summed E-state index contributed by atoms with van der Waals surface area (Å²) in [6.07, 6.45) is 3.82. The Labute approximate surface area is 86.9 Å². The van der Waals surface area contributed by atoms with E-state index in [9.17, 15) is 0 Å². The van der Waals surface area contributed by atoms with E-state index in [4.69, 9.17) is 0 Å². The van der Waals surface area contributed by atoms with Crippen LogP contribution in [0, 0.1) is 6.92 Å². The van der Waals surface area contributed by atoms with Crippen LogP contribution in [-0.2, 0) is 4.55 Å². The summed E-state index contributed by atoms with van der Waals surface area (Å²) in [6, 6.07) is 0. The molecule has 0 saturated carbocycles. The molecular weight excluding hydrogens is 469 g/mol. The van der Waals surface area contributed by atoms with Crippen molar-refractivity contribution in [2.45, 2.75) is 11.5 Å². The first-order valence-electron chi connectivity index (χ1n) is 2.66. The van der Waals surface area contributed by atoms with Gasteiger partial charge in [-0.15, -0.1) is 0 Å². The van der Waals surface area contributed by atoms with Crippen molar-refractivity contribution in [2.75, 3.05) is 0 Å². The van der Waals surface area contributed by atoms with Gasteiger partial charge in [0.05, 0.1) is 0 Å². The molecule has 1 aromatic rings. The number of halogens is 3. The Balaban J connectivity index is 2.65. The van der Waals surface area contributed by atoms with E-state index in [0.29, 0.717) is 0 Å². The van der Waals surface area contributed by atoms with Crippen molar-refractivity contribution in [3.8, 4) is 0 Å². The molecule has 0 aromatic carbocycles. The van der Waals surface area contributed by atoms with Crippen molar-refractivity contribution in [3.63, 3.8) is 0 Å². The van der Waals surface area contributed by atoms with E-state index < -0.39 is 11.9 Å². The summed E-state index contributed by atoms with van der Waals surface area (Å²) < 4.78 is 3.43. The van der Waals surface area contributed by atoms with Gasteiger partial charge in [0.25, 0.3) is 0 Å². The zero-order chi connectivity index (χ0) is 7.56. The molecule has 2 nitrogen and oxygen atoms in total. The topological polar surface area (TPSA) is 17.8 Å². The molecule has 0 atom stereocenters. The molecular formula is C5H7I3N2. The molecule has 1 rings (SSSR count). The Hall–Kier alpha value is 1.40. The van der Waals surface area contributed by atoms with E-state index in [2.05, 4.69) is 53.7 Å². The molecule has 10 heavy (non-hydrogen) atoms. The maximum absolute atomic E-state index is 4.06. The average Bonchev–Trinajstić information content (AvgIpc) is 2.15. The number of alkyl halides is 1. The summed E-state index contributed by atoms with van der Waals surface area (Å²) in [4.78, 5) is 4.06. The van der Waals surface area contributed by atoms with Gasteiger partial charge in [-0.25, -0.2) is 0 Å². The summed E-state index contributed by atoms with van der Waals surface area (Å²) in [5, 5.41) is 0. The number of rotatable bonds is 2. The van der Waals surface area contributed by atoms with Crippen molar-refractivity contribution in [1.29, 1.82) is 0 Å². The molecule has 58 valence electrons. The van der Waals surface area contributed by atoms with E-state index in [1.165, 1.54) is 10.2 Å². The van der Waals surface area contributed by atoms with Gasteiger partial charge in [-0.3, -0.25) is 0 Å². The van der Waals surface area contributed by atoms with Crippen LogP contribution in [0.25, 0.3) is 0 Å². The molecule has 0 N–H and O–H groups in total. The van der Waals surface area contributed by atoms with Crippen LogP contribution in [-0.4, -0.2) is 9.55 Å². The Morgan fingerprint density at radius 2 is 2.40 bits per heavy atom. The van der Waals surface area contributed by atoms with Crippen molar-refractivity contribution in [2.24, 2.45) is 0 Å². The van der Waals surface area contributed by atoms with Crippen LogP contribution in [0.3, 0.4) is 0 Å². The number of aryl methyl sites for hydroxylation is 1. The van der Waals surface area contributed by atoms with E-state index >= 15 is 0 Å². The van der Waals surface area contributed by atoms with E-state index in [1.54, 1.807) is 0 Å². The van der Waals surface area contributed by atoms with Crippen LogP contribution in [0.2, 0.25) is 0 Å². The van der Waals surface area contributed by atoms with Gasteiger partial charge in [-0.2, -0.15) is 0 Å². The second-order valence-corrected chi connectivity index (χ2v) is 27.7. The molecule has 1 aromatic heterocycles. The van der Waals surface area contributed by atoms with Crippen LogP contribution in [0.4, 0.5) is 0 Å². The predicted octanol–water partition coefficient (Wildman–Crippen LogP) is 3.36. The van der Waals surface area contributed by atoms with Gasteiger partial charge in [0.1, 0.15) is 0 Å². The molecule has 0 aliphatic rings. The molecule has 0 aliphatic heterocycles. The van der Waals surface area contributed by atoms with Crippen LogP contribution >= 0.6 is 49.1 Å². The van der Waals surface area contributed by atoms with Gasteiger partial charge in [0.15, 0.2) is 0 Å². The fourth-order valence-electron chi connectivity index (χ4n) is 0.609. The van der Waals surface area contributed by atoms with Crippen molar-refractivity contribution in [3.05, 3.63) is 18.2 Å². The van der Waals surface area contributed by atoms with Gasteiger partial charge < -0.3 is 0 Å². The van der Waals surface area contributed by atoms with Gasteiger partial charge in [-0.1, -0.05) is 0 Å². The van der Waals surface area contributed by atoms with E-state index in [0.717, 1.165) is 0 Å². The summed E-state index contributed by atoms with van der Waals surface area (Å²) in [6.45, 7) is 2.10. The van der Waals surface area contributed by atoms with Crippen LogP contribution in [0.1, 0.15) is 5.69 Å². The second-order valence-electron chi connectivity index (χ2n) is 1.88. The number of imidazole rings is 1. The number of aromatic nitrogens is 2. The Bertz CT molecular complexity index is 208. The Morgan fingerprint density at radius 3 is 2.80 bits per heavy atom. The zero-order valence-corrected chi connectivity index (χ0v) is 11.9. The second kappa shape index (κ2) is 4.43. The molecule has 5 heteroatoms. The Kier molecular flexibility index (Phi) is 4.20. The van der Waals surface area contributed by atoms with E-state index in [1.807, 2.05) is 12.5 Å². The third kappa shape index (κ3) is 2.80. The Morgan fingerprint density at radius 1 is 1.70 bits per heavy atom. The maximum atomic E-state index is 4.06. The summed E-state index contributed by atoms with van der Waals surface area (Å²) >= 11 is 4.43. The molecule has 0 amide bonds. The van der Waals surface area contributed by atoms with E-state index in [-0.39, 0.29) is 0 Å². The van der Waals surface area contributed by atoms with Gasteiger partial charge in [0, 0.05) is 0 Å². The van der Waals surface area contributed by atoms with Crippen LogP contribution < -0.4 is 0 Å². The first-order valence-corrected chi connectivity index (χ1v) is 16.8. The summed E-state index contributed by atoms with van der Waals surface area (Å²) in [5.74, 6) is 0. The fraction of sp³-hybridized carbons (Fsp3) is 0.400. The van der Waals surface area contributed by atoms with Crippen molar-refractivity contribution < 1.29 is 0 Å². The molecule has 0 unspecified atom stereocenters. The SMILES string of the molecule is Cc1cncn1CI(I)I. The molecule has 0 aliphatic carbocycles. The van der Waals surface area contributed by atoms with Gasteiger partial charge >= 0.3 is 88.3 Å². The minimum atomic E-state index is -0.678. The van der Waals surface area contributed by atoms with Crippen molar-refractivity contribution >= 4 is 49.1 Å². The fourth-order valence-corrected chi connectivity index (χ4v) is 5.61. The predicted molar refractivity (Wildman–Crippen MR) is 69.0 cm³/mol. The summed E-state index contributed by atoms with van der Waals surface area (Å²) in [7, 11) is 0. The average molecular weight is 476 g/mol. The third-order valence-electron chi connectivity index (χ3n) is 1.14. The first kappa shape index (κ1) is 9.49. The standard InChI is InChI=1S/C5H7I3N2/c1-5-2-9-4-10(5)3-8(6)7/h2,4H,3H2,1H3. The minimum absolute atomic E-state index is 0.678.